The first-order valence-corrected chi connectivity index (χ1v) is 16.2. The Morgan fingerprint density at radius 1 is 0.623 bits per heavy atom. The molecule has 2 fully saturated rings. The second-order valence-corrected chi connectivity index (χ2v) is 10.9. The summed E-state index contributed by atoms with van der Waals surface area (Å²) in [5.74, 6) is -3.66. The van der Waals surface area contributed by atoms with Gasteiger partial charge in [0.1, 0.15) is 32.1 Å². The molecule has 0 aliphatic carbocycles. The fourth-order valence-electron chi connectivity index (χ4n) is 4.97. The standard InChI is InChI=1S/C17H21NO5.C13H15NO4.C5H8O4.K.2H2S/c1-2-22-16(20)11-15(19)14-9-6-10-18(14)17(21)23-12-13-7-4-3-5-8-13;15-12(16)11-7-4-8-14(11)13(17)18-9-10-5-2-1-3-6-10;1-2-9-5(8)3-4(6)7;;;/h3-5,7-8,14H,2,6,9-12H2,1H3;1-3,5-6,11H,4,7-9H2,(H,15,16);2-3H2,1H3,(H,6,7);;2*1H2/q;;;+1;;/t14-;11-;;;;/m00..../s1. The van der Waals surface area contributed by atoms with Crippen LogP contribution in [0, 0.1) is 0 Å². The third-order valence-electron chi connectivity index (χ3n) is 7.27. The average molecular weight is 808 g/mol. The maximum Gasteiger partial charge on any atom is 1.00 e. The summed E-state index contributed by atoms with van der Waals surface area (Å²) in [6, 6.07) is 17.3. The fraction of sp³-hybridized carbons (Fsp3) is 0.457. The van der Waals surface area contributed by atoms with Crippen LogP contribution in [0.25, 0.3) is 0 Å². The Morgan fingerprint density at radius 2 is 1.02 bits per heavy atom. The Morgan fingerprint density at radius 3 is 1.42 bits per heavy atom. The average Bonchev–Trinajstić information content (AvgIpc) is 3.79. The van der Waals surface area contributed by atoms with Gasteiger partial charge >= 0.3 is 87.4 Å². The molecule has 4 rings (SSSR count). The van der Waals surface area contributed by atoms with Gasteiger partial charge in [0.25, 0.3) is 0 Å². The molecule has 2 heterocycles. The number of rotatable bonds is 12. The van der Waals surface area contributed by atoms with Gasteiger partial charge in [-0.2, -0.15) is 27.0 Å². The number of benzene rings is 2. The number of amides is 2. The van der Waals surface area contributed by atoms with Gasteiger partial charge < -0.3 is 29.2 Å². The number of nitrogens with zero attached hydrogens (tertiary/aromatic N) is 2. The van der Waals surface area contributed by atoms with Gasteiger partial charge in [-0.15, -0.1) is 0 Å². The van der Waals surface area contributed by atoms with E-state index in [0.717, 1.165) is 17.5 Å². The van der Waals surface area contributed by atoms with Crippen LogP contribution < -0.4 is 51.4 Å². The largest absolute Gasteiger partial charge is 1.00 e. The smallest absolute Gasteiger partial charge is 0.481 e. The van der Waals surface area contributed by atoms with Crippen LogP contribution in [-0.2, 0) is 56.1 Å². The van der Waals surface area contributed by atoms with E-state index in [9.17, 15) is 33.6 Å². The molecule has 2 amide bonds. The zero-order valence-corrected chi connectivity index (χ0v) is 35.3. The fourth-order valence-corrected chi connectivity index (χ4v) is 4.97. The summed E-state index contributed by atoms with van der Waals surface area (Å²) >= 11 is 0. The Balaban J connectivity index is 0. The number of carboxylic acid groups (broad SMARTS) is 2. The van der Waals surface area contributed by atoms with Gasteiger partial charge in [-0.25, -0.2) is 14.4 Å². The molecule has 0 saturated carbocycles. The summed E-state index contributed by atoms with van der Waals surface area (Å²) in [5, 5.41) is 17.0. The van der Waals surface area contributed by atoms with E-state index in [2.05, 4.69) is 4.74 Å². The van der Waals surface area contributed by atoms with Crippen molar-refractivity contribution in [1.29, 1.82) is 0 Å². The summed E-state index contributed by atoms with van der Waals surface area (Å²) in [6.07, 6.45) is 0.553. The summed E-state index contributed by atoms with van der Waals surface area (Å²) in [4.78, 5) is 81.2. The number of hydrogen-bond donors (Lipinski definition) is 2. The van der Waals surface area contributed by atoms with Crippen molar-refractivity contribution in [3.8, 4) is 0 Å². The molecule has 18 heteroatoms. The minimum Gasteiger partial charge on any atom is -0.481 e. The van der Waals surface area contributed by atoms with E-state index < -0.39 is 54.6 Å². The normalized spacial score (nSPS) is 15.1. The van der Waals surface area contributed by atoms with Crippen molar-refractivity contribution >= 4 is 68.8 Å². The quantitative estimate of drug-likeness (QED) is 0.135. The van der Waals surface area contributed by atoms with E-state index in [0.29, 0.717) is 32.4 Å². The van der Waals surface area contributed by atoms with Crippen molar-refractivity contribution in [2.75, 3.05) is 26.3 Å². The minimum absolute atomic E-state index is 0. The van der Waals surface area contributed by atoms with Gasteiger partial charge in [-0.05, 0) is 50.7 Å². The van der Waals surface area contributed by atoms with Gasteiger partial charge in [-0.3, -0.25) is 29.0 Å². The molecule has 0 bridgehead atoms. The summed E-state index contributed by atoms with van der Waals surface area (Å²) < 4.78 is 19.5. The number of hydrogen-bond acceptors (Lipinski definition) is 11. The first-order chi connectivity index (χ1) is 24.0. The molecule has 2 aromatic carbocycles. The molecule has 0 unspecified atom stereocenters. The van der Waals surface area contributed by atoms with Crippen molar-refractivity contribution in [1.82, 2.24) is 9.80 Å². The van der Waals surface area contributed by atoms with Crippen LogP contribution in [0.5, 0.6) is 0 Å². The monoisotopic (exact) mass is 807 g/mol. The van der Waals surface area contributed by atoms with Crippen molar-refractivity contribution in [2.45, 2.75) is 77.7 Å². The molecule has 2 aliphatic heterocycles. The van der Waals surface area contributed by atoms with Gasteiger partial charge in [0, 0.05) is 13.1 Å². The number of likely N-dealkylation sites (tertiary alicyclic amines) is 2. The first-order valence-electron chi connectivity index (χ1n) is 16.2. The first kappa shape index (κ1) is 52.0. The maximum atomic E-state index is 12.2. The number of Topliss-reactive ketones (excluding diaryl/α,β-unsaturated/α-hetero) is 1. The molecule has 2 aliphatic rings. The van der Waals surface area contributed by atoms with E-state index in [-0.39, 0.29) is 117 Å². The summed E-state index contributed by atoms with van der Waals surface area (Å²) in [6.45, 7) is 5.02. The zero-order chi connectivity index (χ0) is 36.9. The zero-order valence-electron chi connectivity index (χ0n) is 30.2. The van der Waals surface area contributed by atoms with Gasteiger partial charge in [0.05, 0.1) is 19.3 Å². The van der Waals surface area contributed by atoms with E-state index in [1.54, 1.807) is 13.8 Å². The number of ether oxygens (including phenoxy) is 4. The Labute approximate surface area is 365 Å². The molecular weight excluding hydrogens is 760 g/mol. The molecule has 2 aromatic rings. The molecule has 2 saturated heterocycles. The van der Waals surface area contributed by atoms with Crippen LogP contribution in [-0.4, -0.2) is 100 Å². The number of carbonyl (C=O) groups is 7. The molecule has 2 atom stereocenters. The summed E-state index contributed by atoms with van der Waals surface area (Å²) in [7, 11) is 0. The molecule has 0 spiro atoms. The molecule has 288 valence electrons. The van der Waals surface area contributed by atoms with Gasteiger partial charge in [-0.1, -0.05) is 60.7 Å². The number of aliphatic carboxylic acids is 2. The van der Waals surface area contributed by atoms with Crippen molar-refractivity contribution in [2.24, 2.45) is 0 Å². The number of carboxylic acids is 2. The topological polar surface area (TPSA) is 203 Å². The molecule has 0 radical (unpaired) electrons. The second kappa shape index (κ2) is 29.3. The number of carbonyl (C=O) groups excluding carboxylic acids is 5. The Bertz CT molecular complexity index is 1440. The Hall–Kier alpha value is -3.13. The third-order valence-corrected chi connectivity index (χ3v) is 7.27. The van der Waals surface area contributed by atoms with Crippen molar-refractivity contribution in [3.05, 3.63) is 71.8 Å². The van der Waals surface area contributed by atoms with Crippen LogP contribution in [0.4, 0.5) is 9.59 Å². The number of esters is 2. The van der Waals surface area contributed by atoms with Crippen LogP contribution in [0.1, 0.15) is 63.5 Å². The van der Waals surface area contributed by atoms with Gasteiger partial charge in [0.15, 0.2) is 5.78 Å². The SMILES string of the molecule is CCOC(=O)CC(=O)O.CCOC(=O)CC(=O)[C@@H]1CCCN1C(=O)OCc1ccccc1.O=C(O)[C@@H]1CCCN1C(=O)OCc1ccccc1.S.S.[K+]. The predicted molar refractivity (Wildman–Crippen MR) is 196 cm³/mol. The van der Waals surface area contributed by atoms with Crippen LogP contribution in [0.2, 0.25) is 0 Å². The minimum atomic E-state index is -1.16. The third kappa shape index (κ3) is 20.2. The molecule has 0 aromatic heterocycles. The Kier molecular flexibility index (Phi) is 28.7. The molecule has 15 nitrogen and oxygen atoms in total. The predicted octanol–water partition coefficient (Wildman–Crippen LogP) is 1.44. The molecule has 2 N–H and O–H groups in total. The van der Waals surface area contributed by atoms with E-state index >= 15 is 0 Å². The van der Waals surface area contributed by atoms with E-state index in [1.807, 2.05) is 60.7 Å². The van der Waals surface area contributed by atoms with E-state index in [4.69, 9.17) is 24.4 Å². The number of ketones is 1. The second-order valence-electron chi connectivity index (χ2n) is 10.9. The molecule has 53 heavy (non-hydrogen) atoms. The molecular formula is C35H48KN2O13S2+. The van der Waals surface area contributed by atoms with Crippen LogP contribution >= 0.6 is 27.0 Å². The van der Waals surface area contributed by atoms with E-state index in [1.165, 1.54) is 9.80 Å². The van der Waals surface area contributed by atoms with Crippen molar-refractivity contribution < 1.29 is 114 Å². The van der Waals surface area contributed by atoms with Gasteiger partial charge in [0.2, 0.25) is 0 Å². The van der Waals surface area contributed by atoms with Crippen LogP contribution in [0.15, 0.2) is 60.7 Å². The maximum absolute atomic E-state index is 12.2. The summed E-state index contributed by atoms with van der Waals surface area (Å²) in [5.41, 5.74) is 1.77. The van der Waals surface area contributed by atoms with Crippen LogP contribution in [0.3, 0.4) is 0 Å². The van der Waals surface area contributed by atoms with Crippen molar-refractivity contribution in [3.63, 3.8) is 0 Å².